The van der Waals surface area contributed by atoms with Gasteiger partial charge in [0.05, 0.1) is 0 Å². The van der Waals surface area contributed by atoms with Crippen molar-refractivity contribution in [3.05, 3.63) is 66.0 Å². The first-order valence-corrected chi connectivity index (χ1v) is 8.88. The molecule has 6 heteroatoms. The van der Waals surface area contributed by atoms with Gasteiger partial charge in [0.1, 0.15) is 18.2 Å². The molecule has 0 saturated heterocycles. The zero-order valence-electron chi connectivity index (χ0n) is 15.5. The quantitative estimate of drug-likeness (QED) is 0.679. The molecule has 1 aliphatic rings. The van der Waals surface area contributed by atoms with Crippen LogP contribution >= 0.6 is 0 Å². The molecule has 1 aromatic rings. The van der Waals surface area contributed by atoms with Crippen LogP contribution < -0.4 is 4.74 Å². The van der Waals surface area contributed by atoms with E-state index in [2.05, 4.69) is 11.8 Å². The molecule has 0 saturated carbocycles. The fraction of sp³-hybridized carbons (Fsp3) is 0.318. The van der Waals surface area contributed by atoms with Crippen molar-refractivity contribution in [2.75, 3.05) is 13.2 Å². The summed E-state index contributed by atoms with van der Waals surface area (Å²) in [5, 5.41) is 9.10. The molecule has 0 aliphatic heterocycles. The fourth-order valence-corrected chi connectivity index (χ4v) is 2.52. The predicted octanol–water partition coefficient (Wildman–Crippen LogP) is 4.18. The van der Waals surface area contributed by atoms with Crippen LogP contribution in [0.5, 0.6) is 5.75 Å². The minimum absolute atomic E-state index is 0.230. The second kappa shape index (κ2) is 10.4. The summed E-state index contributed by atoms with van der Waals surface area (Å²) in [4.78, 5) is 11.1. The Labute approximate surface area is 163 Å². The van der Waals surface area contributed by atoms with Crippen LogP contribution in [0.2, 0.25) is 0 Å². The molecule has 1 N–H and O–H groups in total. The highest BCUT2D eigenvalue weighted by molar-refractivity contribution is 5.72. The Morgan fingerprint density at radius 3 is 2.79 bits per heavy atom. The van der Waals surface area contributed by atoms with Crippen LogP contribution in [0.4, 0.5) is 8.78 Å². The Hall–Kier alpha value is -2.91. The van der Waals surface area contributed by atoms with Crippen molar-refractivity contribution in [3.63, 3.8) is 0 Å². The molecule has 4 nitrogen and oxygen atoms in total. The third kappa shape index (κ3) is 7.01. The van der Waals surface area contributed by atoms with Crippen LogP contribution in [0, 0.1) is 11.8 Å². The van der Waals surface area contributed by atoms with Crippen molar-refractivity contribution in [1.82, 2.24) is 0 Å². The summed E-state index contributed by atoms with van der Waals surface area (Å²) in [5.74, 6) is 4.02. The van der Waals surface area contributed by atoms with Gasteiger partial charge < -0.3 is 14.6 Å². The molecule has 0 heterocycles. The first-order chi connectivity index (χ1) is 13.4. The summed E-state index contributed by atoms with van der Waals surface area (Å²) < 4.78 is 38.0. The number of carboxylic acids is 1. The molecule has 1 aliphatic carbocycles. The molecule has 0 bridgehead atoms. The van der Waals surface area contributed by atoms with Crippen LogP contribution in [0.25, 0.3) is 0 Å². The summed E-state index contributed by atoms with van der Waals surface area (Å²) in [5.41, 5.74) is -1.15. The topological polar surface area (TPSA) is 55.8 Å². The van der Waals surface area contributed by atoms with E-state index in [4.69, 9.17) is 14.6 Å². The lowest BCUT2D eigenvalue weighted by atomic mass is 9.97. The molecule has 2 atom stereocenters. The summed E-state index contributed by atoms with van der Waals surface area (Å²) in [6.07, 6.45) is 5.87. The SMILES string of the molecule is CCO[C@@H](Cc1ccc(OC/C=C/C#CC2(F)C=CC=C(F)C2)cc1)C(=O)O. The Kier molecular flexibility index (Phi) is 7.97. The van der Waals surface area contributed by atoms with E-state index < -0.39 is 23.6 Å². The highest BCUT2D eigenvalue weighted by Crippen LogP contribution is 2.26. The summed E-state index contributed by atoms with van der Waals surface area (Å²) in [6.45, 7) is 2.31. The highest BCUT2D eigenvalue weighted by atomic mass is 19.1. The predicted molar refractivity (Wildman–Crippen MR) is 102 cm³/mol. The van der Waals surface area contributed by atoms with E-state index in [-0.39, 0.29) is 19.4 Å². The van der Waals surface area contributed by atoms with Gasteiger partial charge in [0.2, 0.25) is 0 Å². The van der Waals surface area contributed by atoms with Gasteiger partial charge in [-0.1, -0.05) is 30.0 Å². The number of halogens is 2. The third-order valence-corrected chi connectivity index (χ3v) is 3.88. The molecule has 0 aromatic heterocycles. The second-order valence-corrected chi connectivity index (χ2v) is 6.12. The molecule has 0 radical (unpaired) electrons. The van der Waals surface area contributed by atoms with Gasteiger partial charge in [0.15, 0.2) is 11.8 Å². The zero-order chi connectivity index (χ0) is 20.4. The van der Waals surface area contributed by atoms with E-state index >= 15 is 0 Å². The van der Waals surface area contributed by atoms with E-state index in [0.29, 0.717) is 12.4 Å². The number of allylic oxidation sites excluding steroid dienone is 5. The van der Waals surface area contributed by atoms with Crippen molar-refractivity contribution in [3.8, 4) is 17.6 Å². The maximum atomic E-state index is 14.2. The smallest absolute Gasteiger partial charge is 0.333 e. The van der Waals surface area contributed by atoms with Crippen LogP contribution in [-0.2, 0) is 16.0 Å². The van der Waals surface area contributed by atoms with E-state index in [9.17, 15) is 13.6 Å². The van der Waals surface area contributed by atoms with E-state index in [1.807, 2.05) is 0 Å². The lowest BCUT2D eigenvalue weighted by molar-refractivity contribution is -0.149. The van der Waals surface area contributed by atoms with E-state index in [0.717, 1.165) is 5.56 Å². The van der Waals surface area contributed by atoms with Crippen molar-refractivity contribution < 1.29 is 28.2 Å². The number of carbonyl (C=O) groups is 1. The second-order valence-electron chi connectivity index (χ2n) is 6.12. The largest absolute Gasteiger partial charge is 0.490 e. The van der Waals surface area contributed by atoms with Gasteiger partial charge in [-0.2, -0.15) is 0 Å². The monoisotopic (exact) mass is 388 g/mol. The Bertz CT molecular complexity index is 815. The van der Waals surface area contributed by atoms with Crippen LogP contribution in [0.15, 0.2) is 60.5 Å². The number of hydrogen-bond donors (Lipinski definition) is 1. The number of benzene rings is 1. The Morgan fingerprint density at radius 2 is 2.14 bits per heavy atom. The summed E-state index contributed by atoms with van der Waals surface area (Å²) in [6, 6.07) is 7.02. The average molecular weight is 388 g/mol. The molecule has 0 spiro atoms. The number of hydrogen-bond acceptors (Lipinski definition) is 3. The molecular formula is C22H22F2O4. The average Bonchev–Trinajstić information content (AvgIpc) is 2.65. The van der Waals surface area contributed by atoms with Crippen molar-refractivity contribution in [2.45, 2.75) is 31.5 Å². The molecule has 28 heavy (non-hydrogen) atoms. The molecule has 2 rings (SSSR count). The molecule has 0 amide bonds. The van der Waals surface area contributed by atoms with Gasteiger partial charge in [0, 0.05) is 19.4 Å². The number of alkyl halides is 1. The third-order valence-electron chi connectivity index (χ3n) is 3.88. The standard InChI is InChI=1S/C22H22F2O4/c1-2-27-20(21(25)26)15-17-8-10-19(11-9-17)28-14-5-3-4-12-22(24)13-6-7-18(23)16-22/h3,5-11,13,20H,2,14-16H2,1H3,(H,25,26)/b5-3+/t20-,22?/m0/s1. The minimum atomic E-state index is -1.98. The normalized spacial score (nSPS) is 19.6. The van der Waals surface area contributed by atoms with Gasteiger partial charge >= 0.3 is 5.97 Å². The van der Waals surface area contributed by atoms with Gasteiger partial charge in [-0.05, 0) is 48.9 Å². The maximum absolute atomic E-state index is 14.2. The van der Waals surface area contributed by atoms with Crippen molar-refractivity contribution >= 4 is 5.97 Å². The first-order valence-electron chi connectivity index (χ1n) is 8.88. The molecule has 0 fully saturated rings. The number of rotatable bonds is 8. The van der Waals surface area contributed by atoms with E-state index in [1.54, 1.807) is 37.3 Å². The Morgan fingerprint density at radius 1 is 1.39 bits per heavy atom. The highest BCUT2D eigenvalue weighted by Gasteiger charge is 2.27. The Balaban J connectivity index is 1.80. The number of aliphatic carboxylic acids is 1. The van der Waals surface area contributed by atoms with Crippen molar-refractivity contribution in [1.29, 1.82) is 0 Å². The van der Waals surface area contributed by atoms with Crippen molar-refractivity contribution in [2.24, 2.45) is 0 Å². The first kappa shape index (κ1) is 21.4. The van der Waals surface area contributed by atoms with Crippen LogP contribution in [0.1, 0.15) is 18.9 Å². The molecule has 1 aromatic carbocycles. The van der Waals surface area contributed by atoms with Crippen LogP contribution in [0.3, 0.4) is 0 Å². The van der Waals surface area contributed by atoms with Crippen LogP contribution in [-0.4, -0.2) is 36.1 Å². The summed E-state index contributed by atoms with van der Waals surface area (Å²) >= 11 is 0. The van der Waals surface area contributed by atoms with Gasteiger partial charge in [-0.25, -0.2) is 13.6 Å². The lowest BCUT2D eigenvalue weighted by Crippen LogP contribution is -2.26. The minimum Gasteiger partial charge on any atom is -0.490 e. The van der Waals surface area contributed by atoms with E-state index in [1.165, 1.54) is 24.3 Å². The maximum Gasteiger partial charge on any atom is 0.333 e. The lowest BCUT2D eigenvalue weighted by Gasteiger charge is -2.15. The molecule has 1 unspecified atom stereocenters. The van der Waals surface area contributed by atoms with Gasteiger partial charge in [-0.3, -0.25) is 0 Å². The summed E-state index contributed by atoms with van der Waals surface area (Å²) in [7, 11) is 0. The fourth-order valence-electron chi connectivity index (χ4n) is 2.52. The molecular weight excluding hydrogens is 366 g/mol. The number of ether oxygens (including phenoxy) is 2. The molecule has 148 valence electrons. The van der Waals surface area contributed by atoms with Gasteiger partial charge in [-0.15, -0.1) is 0 Å². The zero-order valence-corrected chi connectivity index (χ0v) is 15.5. The van der Waals surface area contributed by atoms with Gasteiger partial charge in [0.25, 0.3) is 0 Å². The number of carboxylic acid groups (broad SMARTS) is 1.